The van der Waals surface area contributed by atoms with Crippen LogP contribution in [0.5, 0.6) is 0 Å². The summed E-state index contributed by atoms with van der Waals surface area (Å²) in [5.74, 6) is -0.313. The van der Waals surface area contributed by atoms with Crippen molar-refractivity contribution in [1.29, 1.82) is 0 Å². The van der Waals surface area contributed by atoms with E-state index in [1.54, 1.807) is 24.3 Å². The summed E-state index contributed by atoms with van der Waals surface area (Å²) in [4.78, 5) is 29.9. The quantitative estimate of drug-likeness (QED) is 0.581. The van der Waals surface area contributed by atoms with Crippen LogP contribution >= 0.6 is 0 Å². The standard InChI is InChI=1S/C26H30N4O3/c1-19-8-9-22(16-23(19)28-26(32)24-7-4-14-33-24)25(31)27-17-20-5-3-6-21(15-20)18-30-12-10-29(2)11-13-30/h3-9,14-16H,10-13,17-18H2,1-2H3,(H,27,31)(H,28,32). The second-order valence-electron chi connectivity index (χ2n) is 8.54. The van der Waals surface area contributed by atoms with Gasteiger partial charge in [-0.3, -0.25) is 14.5 Å². The van der Waals surface area contributed by atoms with Crippen LogP contribution in [-0.2, 0) is 13.1 Å². The molecule has 7 nitrogen and oxygen atoms in total. The van der Waals surface area contributed by atoms with Crippen LogP contribution in [0.1, 0.15) is 37.6 Å². The number of nitrogens with one attached hydrogen (secondary N) is 2. The molecule has 0 saturated carbocycles. The minimum Gasteiger partial charge on any atom is -0.459 e. The number of furan rings is 1. The SMILES string of the molecule is Cc1ccc(C(=O)NCc2cccc(CN3CCN(C)CC3)c2)cc1NC(=O)c1ccco1. The lowest BCUT2D eigenvalue weighted by Crippen LogP contribution is -2.43. The molecule has 0 radical (unpaired) electrons. The van der Waals surface area contributed by atoms with Crippen LogP contribution in [0.2, 0.25) is 0 Å². The molecular weight excluding hydrogens is 416 g/mol. The molecule has 7 heteroatoms. The van der Waals surface area contributed by atoms with Gasteiger partial charge in [0.1, 0.15) is 0 Å². The molecule has 1 fully saturated rings. The summed E-state index contributed by atoms with van der Waals surface area (Å²) in [5, 5.41) is 5.80. The van der Waals surface area contributed by atoms with E-state index >= 15 is 0 Å². The van der Waals surface area contributed by atoms with Gasteiger partial charge in [0.05, 0.1) is 6.26 Å². The molecule has 0 unspecified atom stereocenters. The minimum absolute atomic E-state index is 0.187. The van der Waals surface area contributed by atoms with Gasteiger partial charge < -0.3 is 20.0 Å². The average molecular weight is 447 g/mol. The molecule has 2 aromatic carbocycles. The Bertz CT molecular complexity index is 1100. The van der Waals surface area contributed by atoms with Crippen molar-refractivity contribution in [2.75, 3.05) is 38.5 Å². The predicted molar refractivity (Wildman–Crippen MR) is 128 cm³/mol. The van der Waals surface area contributed by atoms with Gasteiger partial charge >= 0.3 is 0 Å². The molecule has 1 aliphatic heterocycles. The first-order valence-corrected chi connectivity index (χ1v) is 11.2. The molecule has 172 valence electrons. The second-order valence-corrected chi connectivity index (χ2v) is 8.54. The monoisotopic (exact) mass is 446 g/mol. The molecule has 1 aliphatic rings. The topological polar surface area (TPSA) is 77.8 Å². The van der Waals surface area contributed by atoms with Crippen molar-refractivity contribution in [2.45, 2.75) is 20.0 Å². The number of carbonyl (C=O) groups is 2. The van der Waals surface area contributed by atoms with E-state index in [9.17, 15) is 9.59 Å². The van der Waals surface area contributed by atoms with E-state index in [4.69, 9.17) is 4.42 Å². The first-order valence-electron chi connectivity index (χ1n) is 11.2. The Hall–Kier alpha value is -3.42. The van der Waals surface area contributed by atoms with Crippen molar-refractivity contribution in [2.24, 2.45) is 0 Å². The van der Waals surface area contributed by atoms with Crippen molar-refractivity contribution in [3.63, 3.8) is 0 Å². The minimum atomic E-state index is -0.349. The molecule has 33 heavy (non-hydrogen) atoms. The van der Waals surface area contributed by atoms with Crippen LogP contribution in [0, 0.1) is 6.92 Å². The predicted octanol–water partition coefficient (Wildman–Crippen LogP) is 3.52. The zero-order chi connectivity index (χ0) is 23.2. The summed E-state index contributed by atoms with van der Waals surface area (Å²) in [6, 6.07) is 16.9. The smallest absolute Gasteiger partial charge is 0.291 e. The number of amides is 2. The number of carbonyl (C=O) groups excluding carboxylic acids is 2. The molecule has 0 atom stereocenters. The largest absolute Gasteiger partial charge is 0.459 e. The summed E-state index contributed by atoms with van der Waals surface area (Å²) in [5.41, 5.74) is 4.25. The van der Waals surface area contributed by atoms with E-state index in [2.05, 4.69) is 39.6 Å². The van der Waals surface area contributed by atoms with Gasteiger partial charge in [0.25, 0.3) is 11.8 Å². The Morgan fingerprint density at radius 1 is 0.939 bits per heavy atom. The maximum absolute atomic E-state index is 12.8. The average Bonchev–Trinajstić information content (AvgIpc) is 3.36. The fraction of sp³-hybridized carbons (Fsp3) is 0.308. The molecule has 2 amide bonds. The molecule has 2 heterocycles. The lowest BCUT2D eigenvalue weighted by Gasteiger charge is -2.32. The summed E-state index contributed by atoms with van der Waals surface area (Å²) in [6.07, 6.45) is 1.45. The molecule has 0 aliphatic carbocycles. The van der Waals surface area contributed by atoms with Crippen LogP contribution in [0.4, 0.5) is 5.69 Å². The third kappa shape index (κ3) is 6.09. The molecule has 4 rings (SSSR count). The maximum Gasteiger partial charge on any atom is 0.291 e. The fourth-order valence-electron chi connectivity index (χ4n) is 3.88. The van der Waals surface area contributed by atoms with Crippen molar-refractivity contribution in [3.05, 3.63) is 88.9 Å². The number of aryl methyl sites for hydroxylation is 1. The molecule has 3 aromatic rings. The zero-order valence-corrected chi connectivity index (χ0v) is 19.1. The number of benzene rings is 2. The Labute approximate surface area is 194 Å². The van der Waals surface area contributed by atoms with Gasteiger partial charge in [-0.25, -0.2) is 0 Å². The van der Waals surface area contributed by atoms with E-state index in [0.717, 1.165) is 43.9 Å². The van der Waals surface area contributed by atoms with Gasteiger partial charge in [-0.05, 0) is 54.9 Å². The number of hydrogen-bond acceptors (Lipinski definition) is 5. The number of anilines is 1. The second kappa shape index (κ2) is 10.5. The highest BCUT2D eigenvalue weighted by Crippen LogP contribution is 2.19. The summed E-state index contributed by atoms with van der Waals surface area (Å²) in [6.45, 7) is 7.58. The summed E-state index contributed by atoms with van der Waals surface area (Å²) >= 11 is 0. The highest BCUT2D eigenvalue weighted by molar-refractivity contribution is 6.03. The van der Waals surface area contributed by atoms with Crippen molar-refractivity contribution in [1.82, 2.24) is 15.1 Å². The van der Waals surface area contributed by atoms with Gasteiger partial charge in [0, 0.05) is 50.5 Å². The van der Waals surface area contributed by atoms with E-state index in [1.165, 1.54) is 11.8 Å². The van der Waals surface area contributed by atoms with Crippen LogP contribution in [0.15, 0.2) is 65.3 Å². The lowest BCUT2D eigenvalue weighted by molar-refractivity contribution is 0.0949. The Kier molecular flexibility index (Phi) is 7.22. The number of nitrogens with zero attached hydrogens (tertiary/aromatic N) is 2. The molecule has 0 spiro atoms. The maximum atomic E-state index is 12.8. The van der Waals surface area contributed by atoms with Gasteiger partial charge in [-0.15, -0.1) is 0 Å². The molecule has 0 bridgehead atoms. The first kappa shape index (κ1) is 22.8. The Morgan fingerprint density at radius 3 is 2.48 bits per heavy atom. The van der Waals surface area contributed by atoms with Crippen molar-refractivity contribution < 1.29 is 14.0 Å². The number of rotatable bonds is 7. The van der Waals surface area contributed by atoms with Crippen LogP contribution in [0.25, 0.3) is 0 Å². The van der Waals surface area contributed by atoms with E-state index in [-0.39, 0.29) is 17.6 Å². The van der Waals surface area contributed by atoms with Crippen molar-refractivity contribution in [3.8, 4) is 0 Å². The fourth-order valence-corrected chi connectivity index (χ4v) is 3.88. The van der Waals surface area contributed by atoms with Crippen LogP contribution in [0.3, 0.4) is 0 Å². The highest BCUT2D eigenvalue weighted by Gasteiger charge is 2.15. The molecular formula is C26H30N4O3. The van der Waals surface area contributed by atoms with E-state index in [0.29, 0.717) is 17.8 Å². The lowest BCUT2D eigenvalue weighted by atomic mass is 10.1. The van der Waals surface area contributed by atoms with Gasteiger partial charge in [-0.2, -0.15) is 0 Å². The molecule has 1 aromatic heterocycles. The Morgan fingerprint density at radius 2 is 1.73 bits per heavy atom. The van der Waals surface area contributed by atoms with Gasteiger partial charge in [-0.1, -0.05) is 30.3 Å². The Balaban J connectivity index is 1.35. The third-order valence-corrected chi connectivity index (χ3v) is 5.94. The number of piperazine rings is 1. The molecule has 1 saturated heterocycles. The number of hydrogen-bond donors (Lipinski definition) is 2. The normalized spacial score (nSPS) is 14.7. The zero-order valence-electron chi connectivity index (χ0n) is 19.1. The summed E-state index contributed by atoms with van der Waals surface area (Å²) < 4.78 is 5.14. The molecule has 2 N–H and O–H groups in total. The van der Waals surface area contributed by atoms with Crippen molar-refractivity contribution >= 4 is 17.5 Å². The third-order valence-electron chi connectivity index (χ3n) is 5.94. The van der Waals surface area contributed by atoms with E-state index < -0.39 is 0 Å². The van der Waals surface area contributed by atoms with Crippen LogP contribution < -0.4 is 10.6 Å². The highest BCUT2D eigenvalue weighted by atomic mass is 16.3. The first-order chi connectivity index (χ1) is 16.0. The van der Waals surface area contributed by atoms with Gasteiger partial charge in [0.15, 0.2) is 5.76 Å². The van der Waals surface area contributed by atoms with Crippen LogP contribution in [-0.4, -0.2) is 54.8 Å². The van der Waals surface area contributed by atoms with Gasteiger partial charge in [0.2, 0.25) is 0 Å². The summed E-state index contributed by atoms with van der Waals surface area (Å²) in [7, 11) is 2.16. The van der Waals surface area contributed by atoms with E-state index in [1.807, 2.05) is 25.1 Å². The number of likely N-dealkylation sites (N-methyl/N-ethyl adjacent to an activating group) is 1.